The van der Waals surface area contributed by atoms with Gasteiger partial charge in [-0.3, -0.25) is 0 Å². The molecule has 0 saturated heterocycles. The molecule has 0 aliphatic heterocycles. The molecule has 0 amide bonds. The van der Waals surface area contributed by atoms with Crippen LogP contribution in [0.25, 0.3) is 5.76 Å². The van der Waals surface area contributed by atoms with E-state index < -0.39 is 16.6 Å². The maximum absolute atomic E-state index is 6.16. The Labute approximate surface area is 150 Å². The second-order valence-corrected chi connectivity index (χ2v) is 17.8. The van der Waals surface area contributed by atoms with E-state index in [0.717, 1.165) is 11.3 Å². The quantitative estimate of drug-likeness (QED) is 0.325. The summed E-state index contributed by atoms with van der Waals surface area (Å²) in [5, 5.41) is 0.213. The third-order valence-electron chi connectivity index (χ3n) is 4.23. The van der Waals surface area contributed by atoms with Crippen LogP contribution in [0.2, 0.25) is 37.8 Å². The summed E-state index contributed by atoms with van der Waals surface area (Å²) in [5.41, 5.74) is 0.923. The highest BCUT2D eigenvalue weighted by Gasteiger charge is 2.36. The number of para-hydroxylation sites is 1. The van der Waals surface area contributed by atoms with Crippen LogP contribution in [0.1, 0.15) is 26.3 Å². The fourth-order valence-corrected chi connectivity index (χ4v) is 3.79. The van der Waals surface area contributed by atoms with Gasteiger partial charge in [0, 0.05) is 0 Å². The van der Waals surface area contributed by atoms with Crippen LogP contribution in [-0.2, 0) is 8.85 Å². The Bertz CT molecular complexity index is 554. The SMILES string of the molecule is C=C(O[Si](C)(C)C)c1ccccc1OCCO[Si](C)(C)C(C)(C)C. The fraction of sp³-hybridized carbons (Fsp3) is 0.579. The number of benzene rings is 1. The largest absolute Gasteiger partial charge is 0.544 e. The Morgan fingerprint density at radius 1 is 1.00 bits per heavy atom. The highest BCUT2D eigenvalue weighted by molar-refractivity contribution is 6.74. The molecule has 5 heteroatoms. The molecule has 0 aliphatic rings. The van der Waals surface area contributed by atoms with Gasteiger partial charge in [-0.05, 0) is 49.9 Å². The molecule has 0 atom stereocenters. The Morgan fingerprint density at radius 2 is 1.58 bits per heavy atom. The van der Waals surface area contributed by atoms with E-state index >= 15 is 0 Å². The summed E-state index contributed by atoms with van der Waals surface area (Å²) in [6, 6.07) is 7.90. The topological polar surface area (TPSA) is 27.7 Å². The third-order valence-corrected chi connectivity index (χ3v) is 9.62. The van der Waals surface area contributed by atoms with Gasteiger partial charge < -0.3 is 13.6 Å². The van der Waals surface area contributed by atoms with Crippen molar-refractivity contribution in [3.63, 3.8) is 0 Å². The summed E-state index contributed by atoms with van der Waals surface area (Å²) in [6.07, 6.45) is 0. The molecule has 3 nitrogen and oxygen atoms in total. The van der Waals surface area contributed by atoms with E-state index in [1.165, 1.54) is 0 Å². The summed E-state index contributed by atoms with van der Waals surface area (Å²) in [5.74, 6) is 1.50. The molecule has 1 aromatic carbocycles. The molecule has 0 bridgehead atoms. The molecular formula is C19H34O3Si2. The van der Waals surface area contributed by atoms with Gasteiger partial charge in [-0.25, -0.2) is 0 Å². The minimum Gasteiger partial charge on any atom is -0.544 e. The van der Waals surface area contributed by atoms with Crippen molar-refractivity contribution < 1.29 is 13.6 Å². The van der Waals surface area contributed by atoms with E-state index in [2.05, 4.69) is 60.1 Å². The van der Waals surface area contributed by atoms with Crippen LogP contribution in [-0.4, -0.2) is 29.8 Å². The van der Waals surface area contributed by atoms with Gasteiger partial charge in [-0.1, -0.05) is 39.5 Å². The van der Waals surface area contributed by atoms with Gasteiger partial charge in [-0.2, -0.15) is 0 Å². The number of hydrogen-bond donors (Lipinski definition) is 0. The highest BCUT2D eigenvalue weighted by atomic mass is 28.4. The first kappa shape index (κ1) is 21.0. The predicted octanol–water partition coefficient (Wildman–Crippen LogP) is 5.91. The molecule has 0 aromatic heterocycles. The van der Waals surface area contributed by atoms with Gasteiger partial charge in [0.05, 0.1) is 12.2 Å². The van der Waals surface area contributed by atoms with Crippen LogP contribution in [0.3, 0.4) is 0 Å². The summed E-state index contributed by atoms with van der Waals surface area (Å²) >= 11 is 0. The maximum atomic E-state index is 6.16. The summed E-state index contributed by atoms with van der Waals surface area (Å²) in [6.45, 7) is 22.9. The lowest BCUT2D eigenvalue weighted by atomic mass is 10.2. The summed E-state index contributed by atoms with van der Waals surface area (Å²) < 4.78 is 18.1. The van der Waals surface area contributed by atoms with Crippen molar-refractivity contribution in [2.45, 2.75) is 58.5 Å². The van der Waals surface area contributed by atoms with Crippen LogP contribution in [0.4, 0.5) is 0 Å². The fourth-order valence-electron chi connectivity index (χ4n) is 1.91. The Kier molecular flexibility index (Phi) is 6.90. The molecule has 0 aliphatic carbocycles. The van der Waals surface area contributed by atoms with Gasteiger partial charge in [-0.15, -0.1) is 0 Å². The van der Waals surface area contributed by atoms with Gasteiger partial charge in [0.25, 0.3) is 0 Å². The van der Waals surface area contributed by atoms with Gasteiger partial charge in [0.15, 0.2) is 8.32 Å². The van der Waals surface area contributed by atoms with Crippen molar-refractivity contribution in [3.8, 4) is 5.75 Å². The summed E-state index contributed by atoms with van der Waals surface area (Å²) in [7, 11) is -3.41. The van der Waals surface area contributed by atoms with E-state index in [1.54, 1.807) is 0 Å². The van der Waals surface area contributed by atoms with Crippen molar-refractivity contribution in [2.24, 2.45) is 0 Å². The van der Waals surface area contributed by atoms with Gasteiger partial charge >= 0.3 is 0 Å². The lowest BCUT2D eigenvalue weighted by Crippen LogP contribution is -2.41. The van der Waals surface area contributed by atoms with E-state index in [1.807, 2.05) is 24.3 Å². The lowest BCUT2D eigenvalue weighted by Gasteiger charge is -2.36. The number of rotatable bonds is 8. The Balaban J connectivity index is 2.66. The van der Waals surface area contributed by atoms with E-state index in [-0.39, 0.29) is 5.04 Å². The van der Waals surface area contributed by atoms with Crippen molar-refractivity contribution >= 4 is 22.4 Å². The standard InChI is InChI=1S/C19H34O3Si2/c1-16(22-23(5,6)7)17-12-10-11-13-18(17)20-14-15-21-24(8,9)19(2,3)4/h10-13H,1,14-15H2,2-9H3. The van der Waals surface area contributed by atoms with Crippen molar-refractivity contribution in [1.29, 1.82) is 0 Å². The molecule has 24 heavy (non-hydrogen) atoms. The maximum Gasteiger partial charge on any atom is 0.242 e. The third kappa shape index (κ3) is 6.45. The van der Waals surface area contributed by atoms with Crippen molar-refractivity contribution in [2.75, 3.05) is 13.2 Å². The molecule has 1 aromatic rings. The Hall–Kier alpha value is -1.05. The molecule has 0 saturated carbocycles. The molecule has 0 fully saturated rings. The molecule has 0 heterocycles. The molecule has 0 N–H and O–H groups in total. The minimum absolute atomic E-state index is 0.213. The van der Waals surface area contributed by atoms with Gasteiger partial charge in [0.2, 0.25) is 8.32 Å². The van der Waals surface area contributed by atoms with Crippen LogP contribution < -0.4 is 4.74 Å². The van der Waals surface area contributed by atoms with Crippen LogP contribution in [0.15, 0.2) is 30.8 Å². The molecular weight excluding hydrogens is 332 g/mol. The normalized spacial score (nSPS) is 12.8. The van der Waals surface area contributed by atoms with E-state index in [9.17, 15) is 0 Å². The van der Waals surface area contributed by atoms with E-state index in [0.29, 0.717) is 19.0 Å². The first-order valence-corrected chi connectivity index (χ1v) is 14.9. The number of hydrogen-bond acceptors (Lipinski definition) is 3. The Morgan fingerprint density at radius 3 is 2.12 bits per heavy atom. The molecule has 1 rings (SSSR count). The highest BCUT2D eigenvalue weighted by Crippen LogP contribution is 2.36. The molecule has 0 radical (unpaired) electrons. The molecule has 136 valence electrons. The first-order valence-electron chi connectivity index (χ1n) is 8.57. The minimum atomic E-state index is -1.73. The molecule has 0 spiro atoms. The zero-order chi connectivity index (χ0) is 18.6. The van der Waals surface area contributed by atoms with Crippen LogP contribution in [0.5, 0.6) is 5.75 Å². The zero-order valence-corrected chi connectivity index (χ0v) is 18.7. The zero-order valence-electron chi connectivity index (χ0n) is 16.7. The molecule has 0 unspecified atom stereocenters. The lowest BCUT2D eigenvalue weighted by molar-refractivity contribution is 0.203. The second kappa shape index (κ2) is 7.89. The second-order valence-electron chi connectivity index (χ2n) is 8.59. The first-order chi connectivity index (χ1) is 10.8. The van der Waals surface area contributed by atoms with E-state index in [4.69, 9.17) is 13.6 Å². The summed E-state index contributed by atoms with van der Waals surface area (Å²) in [4.78, 5) is 0. The predicted molar refractivity (Wildman–Crippen MR) is 109 cm³/mol. The average molecular weight is 367 g/mol. The van der Waals surface area contributed by atoms with Gasteiger partial charge in [0.1, 0.15) is 18.1 Å². The van der Waals surface area contributed by atoms with Crippen LogP contribution in [0, 0.1) is 0 Å². The average Bonchev–Trinajstić information content (AvgIpc) is 2.41. The van der Waals surface area contributed by atoms with Crippen molar-refractivity contribution in [3.05, 3.63) is 36.4 Å². The van der Waals surface area contributed by atoms with Crippen molar-refractivity contribution in [1.82, 2.24) is 0 Å². The smallest absolute Gasteiger partial charge is 0.242 e. The van der Waals surface area contributed by atoms with Crippen LogP contribution >= 0.6 is 0 Å². The monoisotopic (exact) mass is 366 g/mol. The number of ether oxygens (including phenoxy) is 1.